The Hall–Kier alpha value is -1.52. The molecule has 2 aromatic rings. The highest BCUT2D eigenvalue weighted by atomic mass is 19.2. The Balaban J connectivity index is 2.53. The monoisotopic (exact) mass is 271 g/mol. The van der Waals surface area contributed by atoms with Crippen LogP contribution in [0.1, 0.15) is 31.0 Å². The number of rotatable bonds is 1. The minimum Gasteiger partial charge on any atom is -0.342 e. The average Bonchev–Trinajstić information content (AvgIpc) is 2.77. The summed E-state index contributed by atoms with van der Waals surface area (Å²) in [6.07, 6.45) is 3.06. The van der Waals surface area contributed by atoms with Gasteiger partial charge in [0.05, 0.1) is 5.52 Å². The minimum atomic E-state index is -1.73. The molecular formula is C14H13F4N. The van der Waals surface area contributed by atoms with Gasteiger partial charge in [-0.2, -0.15) is 0 Å². The molecule has 0 unspecified atom stereocenters. The van der Waals surface area contributed by atoms with Crippen LogP contribution in [-0.4, -0.2) is 4.57 Å². The van der Waals surface area contributed by atoms with E-state index in [9.17, 15) is 17.6 Å². The summed E-state index contributed by atoms with van der Waals surface area (Å²) in [4.78, 5) is 0. The van der Waals surface area contributed by atoms with E-state index in [1.807, 2.05) is 0 Å². The second-order valence-electron chi connectivity index (χ2n) is 4.86. The standard InChI is InChI=1S/C14H13F4N/c1-2-19-8-6-4-3-5-7(8)9-10(15)11(16)12(17)13(18)14(9)19/h2-6H2,1H3. The van der Waals surface area contributed by atoms with Crippen molar-refractivity contribution in [3.63, 3.8) is 0 Å². The second kappa shape index (κ2) is 4.25. The summed E-state index contributed by atoms with van der Waals surface area (Å²) in [6.45, 7) is 2.19. The van der Waals surface area contributed by atoms with Crippen molar-refractivity contribution in [1.29, 1.82) is 0 Å². The summed E-state index contributed by atoms with van der Waals surface area (Å²) >= 11 is 0. The molecule has 0 amide bonds. The van der Waals surface area contributed by atoms with Crippen molar-refractivity contribution in [3.05, 3.63) is 34.5 Å². The van der Waals surface area contributed by atoms with Crippen molar-refractivity contribution in [2.24, 2.45) is 0 Å². The highest BCUT2D eigenvalue weighted by Gasteiger charge is 2.29. The summed E-state index contributed by atoms with van der Waals surface area (Å²) in [5, 5.41) is -0.0760. The molecule has 102 valence electrons. The van der Waals surface area contributed by atoms with Crippen LogP contribution in [0.4, 0.5) is 17.6 Å². The van der Waals surface area contributed by atoms with E-state index in [4.69, 9.17) is 0 Å². The zero-order valence-electron chi connectivity index (χ0n) is 10.5. The molecule has 1 nitrogen and oxygen atoms in total. The highest BCUT2D eigenvalue weighted by molar-refractivity contribution is 5.87. The molecular weight excluding hydrogens is 258 g/mol. The van der Waals surface area contributed by atoms with Gasteiger partial charge in [0, 0.05) is 17.6 Å². The lowest BCUT2D eigenvalue weighted by atomic mass is 9.95. The van der Waals surface area contributed by atoms with Gasteiger partial charge >= 0.3 is 0 Å². The Morgan fingerprint density at radius 3 is 2.21 bits per heavy atom. The number of halogens is 4. The number of nitrogens with zero attached hydrogens (tertiary/aromatic N) is 1. The van der Waals surface area contributed by atoms with Gasteiger partial charge in [0.1, 0.15) is 0 Å². The van der Waals surface area contributed by atoms with E-state index in [1.54, 1.807) is 11.5 Å². The zero-order chi connectivity index (χ0) is 13.7. The molecule has 1 heterocycles. The largest absolute Gasteiger partial charge is 0.342 e. The molecule has 0 fully saturated rings. The van der Waals surface area contributed by atoms with Gasteiger partial charge < -0.3 is 4.57 Å². The van der Waals surface area contributed by atoms with Crippen LogP contribution in [0.25, 0.3) is 10.9 Å². The van der Waals surface area contributed by atoms with Crippen molar-refractivity contribution in [3.8, 4) is 0 Å². The third-order valence-corrected chi connectivity index (χ3v) is 3.89. The molecule has 1 aliphatic rings. The molecule has 19 heavy (non-hydrogen) atoms. The maximum Gasteiger partial charge on any atom is 0.199 e. The number of hydrogen-bond acceptors (Lipinski definition) is 0. The van der Waals surface area contributed by atoms with E-state index in [-0.39, 0.29) is 10.9 Å². The number of hydrogen-bond donors (Lipinski definition) is 0. The highest BCUT2D eigenvalue weighted by Crippen LogP contribution is 2.37. The zero-order valence-corrected chi connectivity index (χ0v) is 10.5. The molecule has 0 saturated carbocycles. The summed E-state index contributed by atoms with van der Waals surface area (Å²) in [7, 11) is 0. The number of aromatic nitrogens is 1. The molecule has 0 radical (unpaired) electrons. The summed E-state index contributed by atoms with van der Waals surface area (Å²) < 4.78 is 56.3. The van der Waals surface area contributed by atoms with Gasteiger partial charge in [0.25, 0.3) is 0 Å². The van der Waals surface area contributed by atoms with Gasteiger partial charge in [0.2, 0.25) is 0 Å². The first-order valence-corrected chi connectivity index (χ1v) is 6.43. The van der Waals surface area contributed by atoms with Crippen molar-refractivity contribution < 1.29 is 17.6 Å². The number of benzene rings is 1. The Kier molecular flexibility index (Phi) is 2.80. The Morgan fingerprint density at radius 1 is 0.895 bits per heavy atom. The summed E-state index contributed by atoms with van der Waals surface area (Å²) in [5.74, 6) is -5.99. The lowest BCUT2D eigenvalue weighted by molar-refractivity contribution is 0.416. The lowest BCUT2D eigenvalue weighted by Crippen LogP contribution is -2.07. The van der Waals surface area contributed by atoms with Gasteiger partial charge in [0.15, 0.2) is 23.3 Å². The first kappa shape index (κ1) is 12.5. The van der Waals surface area contributed by atoms with Gasteiger partial charge in [-0.15, -0.1) is 0 Å². The predicted molar refractivity (Wildman–Crippen MR) is 64.1 cm³/mol. The third kappa shape index (κ3) is 1.53. The van der Waals surface area contributed by atoms with Crippen LogP contribution < -0.4 is 0 Å². The molecule has 0 spiro atoms. The van der Waals surface area contributed by atoms with E-state index in [0.29, 0.717) is 24.9 Å². The second-order valence-corrected chi connectivity index (χ2v) is 4.86. The van der Waals surface area contributed by atoms with Crippen molar-refractivity contribution >= 4 is 10.9 Å². The van der Waals surface area contributed by atoms with E-state index in [1.165, 1.54) is 0 Å². The smallest absolute Gasteiger partial charge is 0.199 e. The molecule has 0 atom stereocenters. The lowest BCUT2D eigenvalue weighted by Gasteiger charge is -2.14. The Labute approximate surface area is 107 Å². The predicted octanol–water partition coefficient (Wildman–Crippen LogP) is 4.10. The molecule has 0 N–H and O–H groups in total. The maximum absolute atomic E-state index is 14.0. The average molecular weight is 271 g/mol. The molecule has 1 aromatic carbocycles. The minimum absolute atomic E-state index is 0.0760. The van der Waals surface area contributed by atoms with Crippen LogP contribution in [0, 0.1) is 23.3 Å². The molecule has 0 bridgehead atoms. The topological polar surface area (TPSA) is 4.93 Å². The van der Waals surface area contributed by atoms with Crippen molar-refractivity contribution in [1.82, 2.24) is 4.57 Å². The van der Waals surface area contributed by atoms with Crippen molar-refractivity contribution in [2.45, 2.75) is 39.2 Å². The third-order valence-electron chi connectivity index (χ3n) is 3.89. The molecule has 0 saturated heterocycles. The van der Waals surface area contributed by atoms with Gasteiger partial charge in [-0.05, 0) is 38.2 Å². The van der Waals surface area contributed by atoms with Gasteiger partial charge in [-0.3, -0.25) is 0 Å². The fourth-order valence-electron chi connectivity index (χ4n) is 3.09. The quantitative estimate of drug-likeness (QED) is 0.418. The van der Waals surface area contributed by atoms with Crippen LogP contribution in [0.15, 0.2) is 0 Å². The molecule has 3 rings (SSSR count). The van der Waals surface area contributed by atoms with Crippen LogP contribution in [0.2, 0.25) is 0 Å². The van der Waals surface area contributed by atoms with E-state index >= 15 is 0 Å². The van der Waals surface area contributed by atoms with Gasteiger partial charge in [-0.25, -0.2) is 17.6 Å². The molecule has 5 heteroatoms. The van der Waals surface area contributed by atoms with Crippen LogP contribution in [-0.2, 0) is 19.4 Å². The molecule has 1 aromatic heterocycles. The summed E-state index contributed by atoms with van der Waals surface area (Å²) in [5.41, 5.74) is 1.32. The summed E-state index contributed by atoms with van der Waals surface area (Å²) in [6, 6.07) is 0. The van der Waals surface area contributed by atoms with Crippen LogP contribution in [0.5, 0.6) is 0 Å². The Morgan fingerprint density at radius 2 is 1.53 bits per heavy atom. The number of fused-ring (bicyclic) bond motifs is 3. The SMILES string of the molecule is CCn1c2c(c3c(F)c(F)c(F)c(F)c31)CCCC2. The number of aryl methyl sites for hydroxylation is 2. The Bertz CT molecular complexity index is 627. The normalized spacial score (nSPS) is 15.0. The van der Waals surface area contributed by atoms with E-state index in [2.05, 4.69) is 0 Å². The van der Waals surface area contributed by atoms with E-state index < -0.39 is 23.3 Å². The van der Waals surface area contributed by atoms with Crippen LogP contribution in [0.3, 0.4) is 0 Å². The van der Waals surface area contributed by atoms with Crippen molar-refractivity contribution in [2.75, 3.05) is 0 Å². The first-order valence-electron chi connectivity index (χ1n) is 6.43. The molecule has 0 aliphatic heterocycles. The fraction of sp³-hybridized carbons (Fsp3) is 0.429. The van der Waals surface area contributed by atoms with Crippen LogP contribution >= 0.6 is 0 Å². The maximum atomic E-state index is 14.0. The van der Waals surface area contributed by atoms with Gasteiger partial charge in [-0.1, -0.05) is 0 Å². The molecule has 1 aliphatic carbocycles. The fourth-order valence-corrected chi connectivity index (χ4v) is 3.09. The van der Waals surface area contributed by atoms with E-state index in [0.717, 1.165) is 18.5 Å². The first-order chi connectivity index (χ1) is 9.07.